The van der Waals surface area contributed by atoms with Gasteiger partial charge in [0.1, 0.15) is 0 Å². The van der Waals surface area contributed by atoms with E-state index in [9.17, 15) is 4.79 Å². The van der Waals surface area contributed by atoms with Crippen LogP contribution in [0.25, 0.3) is 0 Å². The second-order valence-electron chi connectivity index (χ2n) is 4.63. The van der Waals surface area contributed by atoms with Gasteiger partial charge in [-0.25, -0.2) is 0 Å². The molecule has 0 bridgehead atoms. The van der Waals surface area contributed by atoms with Gasteiger partial charge in [-0.05, 0) is 25.7 Å². The van der Waals surface area contributed by atoms with Gasteiger partial charge >= 0.3 is 0 Å². The molecule has 1 amide bonds. The van der Waals surface area contributed by atoms with Crippen molar-refractivity contribution in [1.29, 1.82) is 0 Å². The lowest BCUT2D eigenvalue weighted by atomic mass is 10.0. The fourth-order valence-electron chi connectivity index (χ4n) is 1.38. The Morgan fingerprint density at radius 1 is 1.40 bits per heavy atom. The molecule has 15 heavy (non-hydrogen) atoms. The SMILES string of the molecule is CC(C)CC(N)C(=O)N(C)CCC(C)O. The van der Waals surface area contributed by atoms with Crippen molar-refractivity contribution in [3.05, 3.63) is 0 Å². The van der Waals surface area contributed by atoms with Crippen LogP contribution in [0.2, 0.25) is 0 Å². The van der Waals surface area contributed by atoms with E-state index in [-0.39, 0.29) is 12.0 Å². The molecule has 2 atom stereocenters. The second-order valence-corrected chi connectivity index (χ2v) is 4.63. The standard InChI is InChI=1S/C11H24N2O2/c1-8(2)7-10(12)11(15)13(4)6-5-9(3)14/h8-10,14H,5-7,12H2,1-4H3. The Labute approximate surface area is 92.4 Å². The van der Waals surface area contributed by atoms with Crippen LogP contribution in [-0.4, -0.2) is 41.7 Å². The molecule has 0 aromatic rings. The van der Waals surface area contributed by atoms with Crippen molar-refractivity contribution in [2.24, 2.45) is 11.7 Å². The molecule has 0 aliphatic heterocycles. The van der Waals surface area contributed by atoms with Gasteiger partial charge in [-0.2, -0.15) is 0 Å². The Kier molecular flexibility index (Phi) is 6.52. The molecule has 90 valence electrons. The average Bonchev–Trinajstić information content (AvgIpc) is 2.11. The molecule has 0 heterocycles. The maximum Gasteiger partial charge on any atom is 0.239 e. The number of carbonyl (C=O) groups excluding carboxylic acids is 1. The summed E-state index contributed by atoms with van der Waals surface area (Å²) < 4.78 is 0. The topological polar surface area (TPSA) is 66.6 Å². The molecule has 0 aliphatic carbocycles. The molecule has 4 nitrogen and oxygen atoms in total. The Hall–Kier alpha value is -0.610. The van der Waals surface area contributed by atoms with Crippen molar-refractivity contribution in [1.82, 2.24) is 4.90 Å². The molecular weight excluding hydrogens is 192 g/mol. The summed E-state index contributed by atoms with van der Waals surface area (Å²) in [6.45, 7) is 6.36. The molecule has 4 heteroatoms. The van der Waals surface area contributed by atoms with Crippen molar-refractivity contribution < 1.29 is 9.90 Å². The van der Waals surface area contributed by atoms with Crippen LogP contribution >= 0.6 is 0 Å². The van der Waals surface area contributed by atoms with E-state index in [1.807, 2.05) is 13.8 Å². The van der Waals surface area contributed by atoms with Gasteiger partial charge in [-0.1, -0.05) is 13.8 Å². The van der Waals surface area contributed by atoms with Gasteiger partial charge in [0, 0.05) is 13.6 Å². The monoisotopic (exact) mass is 216 g/mol. The van der Waals surface area contributed by atoms with Crippen LogP contribution in [0.15, 0.2) is 0 Å². The molecule has 0 aromatic heterocycles. The summed E-state index contributed by atoms with van der Waals surface area (Å²) in [5.41, 5.74) is 5.77. The molecule has 0 saturated heterocycles. The summed E-state index contributed by atoms with van der Waals surface area (Å²) in [4.78, 5) is 13.3. The number of nitrogens with zero attached hydrogens (tertiary/aromatic N) is 1. The van der Waals surface area contributed by atoms with Crippen molar-refractivity contribution in [2.75, 3.05) is 13.6 Å². The van der Waals surface area contributed by atoms with E-state index >= 15 is 0 Å². The summed E-state index contributed by atoms with van der Waals surface area (Å²) in [6, 6.07) is -0.413. The Morgan fingerprint density at radius 3 is 2.33 bits per heavy atom. The maximum absolute atomic E-state index is 11.7. The van der Waals surface area contributed by atoms with Crippen LogP contribution in [0.3, 0.4) is 0 Å². The number of carbonyl (C=O) groups is 1. The number of rotatable bonds is 6. The zero-order valence-electron chi connectivity index (χ0n) is 10.2. The highest BCUT2D eigenvalue weighted by Crippen LogP contribution is 2.05. The number of amides is 1. The summed E-state index contributed by atoms with van der Waals surface area (Å²) in [5.74, 6) is 0.387. The van der Waals surface area contributed by atoms with Crippen molar-refractivity contribution in [3.8, 4) is 0 Å². The third-order valence-corrected chi connectivity index (χ3v) is 2.30. The minimum Gasteiger partial charge on any atom is -0.393 e. The van der Waals surface area contributed by atoms with Crippen molar-refractivity contribution in [2.45, 2.75) is 45.8 Å². The van der Waals surface area contributed by atoms with E-state index in [1.54, 1.807) is 18.9 Å². The summed E-state index contributed by atoms with van der Waals surface area (Å²) in [5, 5.41) is 9.10. The Balaban J connectivity index is 3.96. The molecule has 0 saturated carbocycles. The van der Waals surface area contributed by atoms with Gasteiger partial charge in [-0.3, -0.25) is 4.79 Å². The van der Waals surface area contributed by atoms with Gasteiger partial charge in [0.15, 0.2) is 0 Å². The van der Waals surface area contributed by atoms with Crippen LogP contribution in [0.4, 0.5) is 0 Å². The molecule has 0 radical (unpaired) electrons. The normalized spacial score (nSPS) is 15.1. The first kappa shape index (κ1) is 14.4. The molecule has 0 fully saturated rings. The number of hydrogen-bond donors (Lipinski definition) is 2. The molecule has 0 rings (SSSR count). The van der Waals surface area contributed by atoms with E-state index in [1.165, 1.54) is 0 Å². The third kappa shape index (κ3) is 6.47. The fourth-order valence-corrected chi connectivity index (χ4v) is 1.38. The van der Waals surface area contributed by atoms with E-state index in [4.69, 9.17) is 10.8 Å². The molecule has 0 spiro atoms. The van der Waals surface area contributed by atoms with E-state index in [0.717, 1.165) is 0 Å². The van der Waals surface area contributed by atoms with Crippen LogP contribution in [0.1, 0.15) is 33.6 Å². The molecule has 0 aromatic carbocycles. The van der Waals surface area contributed by atoms with Gasteiger partial charge in [-0.15, -0.1) is 0 Å². The first-order valence-corrected chi connectivity index (χ1v) is 5.53. The third-order valence-electron chi connectivity index (χ3n) is 2.30. The lowest BCUT2D eigenvalue weighted by molar-refractivity contribution is -0.131. The zero-order chi connectivity index (χ0) is 12.0. The number of aliphatic hydroxyl groups is 1. The predicted molar refractivity (Wildman–Crippen MR) is 61.4 cm³/mol. The number of aliphatic hydroxyl groups excluding tert-OH is 1. The molecular formula is C11H24N2O2. The minimum atomic E-state index is -0.413. The first-order chi connectivity index (χ1) is 6.84. The van der Waals surface area contributed by atoms with E-state index < -0.39 is 6.04 Å². The summed E-state index contributed by atoms with van der Waals surface area (Å²) in [6.07, 6.45) is 0.927. The van der Waals surface area contributed by atoms with Crippen LogP contribution < -0.4 is 5.73 Å². The Bertz CT molecular complexity index is 193. The van der Waals surface area contributed by atoms with Gasteiger partial charge in [0.05, 0.1) is 12.1 Å². The highest BCUT2D eigenvalue weighted by molar-refractivity contribution is 5.81. The highest BCUT2D eigenvalue weighted by atomic mass is 16.3. The molecule has 3 N–H and O–H groups in total. The van der Waals surface area contributed by atoms with Crippen LogP contribution in [0, 0.1) is 5.92 Å². The molecule has 0 aliphatic rings. The van der Waals surface area contributed by atoms with E-state index in [0.29, 0.717) is 25.3 Å². The van der Waals surface area contributed by atoms with Crippen molar-refractivity contribution in [3.63, 3.8) is 0 Å². The van der Waals surface area contributed by atoms with Crippen LogP contribution in [-0.2, 0) is 4.79 Å². The summed E-state index contributed by atoms with van der Waals surface area (Å²) in [7, 11) is 1.73. The average molecular weight is 216 g/mol. The van der Waals surface area contributed by atoms with Gasteiger partial charge in [0.25, 0.3) is 0 Å². The van der Waals surface area contributed by atoms with Gasteiger partial charge < -0.3 is 15.7 Å². The Morgan fingerprint density at radius 2 is 1.93 bits per heavy atom. The smallest absolute Gasteiger partial charge is 0.239 e. The fraction of sp³-hybridized carbons (Fsp3) is 0.909. The largest absolute Gasteiger partial charge is 0.393 e. The zero-order valence-corrected chi connectivity index (χ0v) is 10.2. The maximum atomic E-state index is 11.7. The number of likely N-dealkylation sites (N-methyl/N-ethyl adjacent to an activating group) is 1. The lowest BCUT2D eigenvalue weighted by Gasteiger charge is -2.22. The second kappa shape index (κ2) is 6.80. The highest BCUT2D eigenvalue weighted by Gasteiger charge is 2.18. The van der Waals surface area contributed by atoms with Crippen LogP contribution in [0.5, 0.6) is 0 Å². The summed E-state index contributed by atoms with van der Waals surface area (Å²) >= 11 is 0. The lowest BCUT2D eigenvalue weighted by Crippen LogP contribution is -2.43. The number of hydrogen-bond acceptors (Lipinski definition) is 3. The van der Waals surface area contributed by atoms with Crippen molar-refractivity contribution >= 4 is 5.91 Å². The number of nitrogens with two attached hydrogens (primary N) is 1. The first-order valence-electron chi connectivity index (χ1n) is 5.53. The van der Waals surface area contributed by atoms with E-state index in [2.05, 4.69) is 0 Å². The molecule has 2 unspecified atom stereocenters. The predicted octanol–water partition coefficient (Wildman–Crippen LogP) is 0.589. The quantitative estimate of drug-likeness (QED) is 0.683. The van der Waals surface area contributed by atoms with Gasteiger partial charge in [0.2, 0.25) is 5.91 Å². The minimum absolute atomic E-state index is 0.0376.